The van der Waals surface area contributed by atoms with Crippen molar-refractivity contribution in [2.24, 2.45) is 0 Å². The van der Waals surface area contributed by atoms with Crippen LogP contribution in [0.2, 0.25) is 0 Å². The third-order valence-corrected chi connectivity index (χ3v) is 3.05. The quantitative estimate of drug-likeness (QED) is 0.825. The molecule has 3 rings (SSSR count). The number of fused-ring (bicyclic) bond motifs is 1. The fourth-order valence-electron chi connectivity index (χ4n) is 2.23. The Hall–Kier alpha value is -1.62. The second kappa shape index (κ2) is 4.00. The molecule has 90 valence electrons. The number of nitrogens with one attached hydrogen (secondary N) is 1. The average molecular weight is 238 g/mol. The summed E-state index contributed by atoms with van der Waals surface area (Å²) in [7, 11) is 0. The molecular weight excluding hydrogens is 226 g/mol. The van der Waals surface area contributed by atoms with Gasteiger partial charge in [0.15, 0.2) is 11.4 Å². The molecular formula is C12H12F2N2O. The maximum absolute atomic E-state index is 13.9. The number of piperazine rings is 1. The molecule has 0 radical (unpaired) electrons. The number of nitrogens with zero attached hydrogens (tertiary/aromatic N) is 1. The van der Waals surface area contributed by atoms with Crippen molar-refractivity contribution in [2.45, 2.75) is 0 Å². The molecule has 0 aliphatic carbocycles. The molecule has 0 amide bonds. The van der Waals surface area contributed by atoms with E-state index in [9.17, 15) is 8.78 Å². The summed E-state index contributed by atoms with van der Waals surface area (Å²) in [4.78, 5) is 1.89. The van der Waals surface area contributed by atoms with E-state index in [4.69, 9.17) is 4.42 Å². The molecule has 3 nitrogen and oxygen atoms in total. The Labute approximate surface area is 97.0 Å². The highest BCUT2D eigenvalue weighted by molar-refractivity contribution is 5.90. The van der Waals surface area contributed by atoms with Crippen LogP contribution in [0.4, 0.5) is 14.5 Å². The highest BCUT2D eigenvalue weighted by atomic mass is 19.1. The third-order valence-electron chi connectivity index (χ3n) is 3.05. The van der Waals surface area contributed by atoms with Crippen molar-refractivity contribution in [1.82, 2.24) is 5.32 Å². The summed E-state index contributed by atoms with van der Waals surface area (Å²) < 4.78 is 32.6. The van der Waals surface area contributed by atoms with Crippen molar-refractivity contribution in [3.05, 3.63) is 30.0 Å². The van der Waals surface area contributed by atoms with Crippen molar-refractivity contribution in [1.29, 1.82) is 0 Å². The van der Waals surface area contributed by atoms with Crippen LogP contribution >= 0.6 is 0 Å². The summed E-state index contributed by atoms with van der Waals surface area (Å²) in [5, 5.41) is 3.52. The van der Waals surface area contributed by atoms with Crippen LogP contribution in [0.25, 0.3) is 11.0 Å². The predicted molar refractivity (Wildman–Crippen MR) is 61.2 cm³/mol. The van der Waals surface area contributed by atoms with Crippen LogP contribution in [0.3, 0.4) is 0 Å². The molecule has 17 heavy (non-hydrogen) atoms. The van der Waals surface area contributed by atoms with Crippen LogP contribution in [0, 0.1) is 11.6 Å². The third kappa shape index (κ3) is 1.67. The van der Waals surface area contributed by atoms with E-state index in [1.165, 1.54) is 12.3 Å². The minimum Gasteiger partial charge on any atom is -0.462 e. The smallest absolute Gasteiger partial charge is 0.163 e. The van der Waals surface area contributed by atoms with Crippen molar-refractivity contribution in [3.8, 4) is 0 Å². The SMILES string of the molecule is Fc1cc(F)c2ccoc2c1N1CCNCC1. The Morgan fingerprint density at radius 2 is 1.94 bits per heavy atom. The number of anilines is 1. The zero-order valence-electron chi connectivity index (χ0n) is 9.17. The van der Waals surface area contributed by atoms with E-state index in [1.54, 1.807) is 0 Å². The molecule has 0 spiro atoms. The van der Waals surface area contributed by atoms with E-state index in [1.807, 2.05) is 4.90 Å². The molecule has 1 fully saturated rings. The first-order valence-electron chi connectivity index (χ1n) is 5.58. The van der Waals surface area contributed by atoms with Gasteiger partial charge in [0.25, 0.3) is 0 Å². The summed E-state index contributed by atoms with van der Waals surface area (Å²) in [6, 6.07) is 2.45. The first-order chi connectivity index (χ1) is 8.27. The molecule has 1 N–H and O–H groups in total. The van der Waals surface area contributed by atoms with Gasteiger partial charge < -0.3 is 14.6 Å². The zero-order chi connectivity index (χ0) is 11.8. The molecule has 0 atom stereocenters. The van der Waals surface area contributed by atoms with Crippen molar-refractivity contribution < 1.29 is 13.2 Å². The number of hydrogen-bond acceptors (Lipinski definition) is 3. The van der Waals surface area contributed by atoms with Crippen molar-refractivity contribution >= 4 is 16.7 Å². The monoisotopic (exact) mass is 238 g/mol. The summed E-state index contributed by atoms with van der Waals surface area (Å²) in [5.74, 6) is -1.14. The second-order valence-corrected chi connectivity index (χ2v) is 4.09. The predicted octanol–water partition coefficient (Wildman–Crippen LogP) is 2.12. The molecule has 1 aliphatic heterocycles. The van der Waals surface area contributed by atoms with Gasteiger partial charge in [-0.05, 0) is 6.07 Å². The Bertz CT molecular complexity index is 547. The lowest BCUT2D eigenvalue weighted by molar-refractivity contribution is 0.547. The van der Waals surface area contributed by atoms with Gasteiger partial charge in [0.2, 0.25) is 0 Å². The topological polar surface area (TPSA) is 28.4 Å². The van der Waals surface area contributed by atoms with Gasteiger partial charge in [-0.3, -0.25) is 0 Å². The molecule has 5 heteroatoms. The number of benzene rings is 1. The Morgan fingerprint density at radius 3 is 2.71 bits per heavy atom. The Balaban J connectivity index is 2.16. The van der Waals surface area contributed by atoms with Crippen LogP contribution in [-0.4, -0.2) is 26.2 Å². The van der Waals surface area contributed by atoms with Gasteiger partial charge in [-0.15, -0.1) is 0 Å². The fraction of sp³-hybridized carbons (Fsp3) is 0.333. The average Bonchev–Trinajstić information content (AvgIpc) is 2.79. The van der Waals surface area contributed by atoms with Gasteiger partial charge >= 0.3 is 0 Å². The lowest BCUT2D eigenvalue weighted by atomic mass is 10.2. The summed E-state index contributed by atoms with van der Waals surface area (Å²) in [5.41, 5.74) is 0.664. The van der Waals surface area contributed by atoms with E-state index in [0.717, 1.165) is 19.2 Å². The van der Waals surface area contributed by atoms with Gasteiger partial charge in [-0.1, -0.05) is 0 Å². The lowest BCUT2D eigenvalue weighted by Gasteiger charge is -2.29. The fourth-order valence-corrected chi connectivity index (χ4v) is 2.23. The van der Waals surface area contributed by atoms with Crippen LogP contribution in [-0.2, 0) is 0 Å². The van der Waals surface area contributed by atoms with E-state index >= 15 is 0 Å². The standard InChI is InChI=1S/C12H12F2N2O/c13-9-7-10(14)11(12-8(9)1-6-17-12)16-4-2-15-3-5-16/h1,6-7,15H,2-5H2. The van der Waals surface area contributed by atoms with Gasteiger partial charge in [0.1, 0.15) is 11.5 Å². The largest absolute Gasteiger partial charge is 0.462 e. The molecule has 0 bridgehead atoms. The Kier molecular flexibility index (Phi) is 2.48. The minimum absolute atomic E-state index is 0.296. The zero-order valence-corrected chi connectivity index (χ0v) is 9.17. The number of rotatable bonds is 1. The maximum atomic E-state index is 13.9. The minimum atomic E-state index is -0.579. The van der Waals surface area contributed by atoms with Crippen LogP contribution in [0.5, 0.6) is 0 Å². The number of hydrogen-bond donors (Lipinski definition) is 1. The van der Waals surface area contributed by atoms with Gasteiger partial charge in [0.05, 0.1) is 11.6 Å². The maximum Gasteiger partial charge on any atom is 0.163 e. The highest BCUT2D eigenvalue weighted by Crippen LogP contribution is 2.32. The van der Waals surface area contributed by atoms with Gasteiger partial charge in [-0.2, -0.15) is 0 Å². The summed E-state index contributed by atoms with van der Waals surface area (Å²) in [6.45, 7) is 2.97. The Morgan fingerprint density at radius 1 is 1.18 bits per heavy atom. The lowest BCUT2D eigenvalue weighted by Crippen LogP contribution is -2.44. The molecule has 0 unspecified atom stereocenters. The highest BCUT2D eigenvalue weighted by Gasteiger charge is 2.21. The van der Waals surface area contributed by atoms with E-state index in [0.29, 0.717) is 29.7 Å². The van der Waals surface area contributed by atoms with Crippen LogP contribution in [0.15, 0.2) is 22.8 Å². The molecule has 0 saturated carbocycles. The summed E-state index contributed by atoms with van der Waals surface area (Å²) in [6.07, 6.45) is 1.39. The van der Waals surface area contributed by atoms with Gasteiger partial charge in [0, 0.05) is 32.2 Å². The first kappa shape index (κ1) is 10.5. The van der Waals surface area contributed by atoms with Crippen LogP contribution < -0.4 is 10.2 Å². The van der Waals surface area contributed by atoms with Crippen molar-refractivity contribution in [2.75, 3.05) is 31.1 Å². The summed E-state index contributed by atoms with van der Waals surface area (Å²) >= 11 is 0. The normalized spacial score (nSPS) is 16.7. The van der Waals surface area contributed by atoms with E-state index in [-0.39, 0.29) is 0 Å². The van der Waals surface area contributed by atoms with E-state index < -0.39 is 11.6 Å². The molecule has 1 aliphatic rings. The molecule has 1 aromatic carbocycles. The number of halogens is 2. The van der Waals surface area contributed by atoms with Gasteiger partial charge in [-0.25, -0.2) is 8.78 Å². The first-order valence-corrected chi connectivity index (χ1v) is 5.58. The van der Waals surface area contributed by atoms with Crippen molar-refractivity contribution in [3.63, 3.8) is 0 Å². The second-order valence-electron chi connectivity index (χ2n) is 4.09. The molecule has 2 heterocycles. The van der Waals surface area contributed by atoms with Crippen LogP contribution in [0.1, 0.15) is 0 Å². The number of furan rings is 1. The molecule has 1 aromatic heterocycles. The molecule has 1 saturated heterocycles. The van der Waals surface area contributed by atoms with E-state index in [2.05, 4.69) is 5.32 Å². The molecule has 2 aromatic rings.